The highest BCUT2D eigenvalue weighted by Crippen LogP contribution is 2.22. The lowest BCUT2D eigenvalue weighted by Crippen LogP contribution is -2.42. The molecule has 3 N–H and O–H groups in total. The summed E-state index contributed by atoms with van der Waals surface area (Å²) in [6.07, 6.45) is 1.77. The average Bonchev–Trinajstić information content (AvgIpc) is 2.99. The van der Waals surface area contributed by atoms with Gasteiger partial charge in [-0.05, 0) is 56.5 Å². The molecular weight excluding hydrogens is 314 g/mol. The highest BCUT2D eigenvalue weighted by atomic mass is 32.2. The number of nitrogens with zero attached hydrogens (tertiary/aromatic N) is 1. The van der Waals surface area contributed by atoms with E-state index in [-0.39, 0.29) is 16.8 Å². The second-order valence-corrected chi connectivity index (χ2v) is 7.64. The van der Waals surface area contributed by atoms with Gasteiger partial charge in [-0.25, -0.2) is 13.6 Å². The number of amides is 1. The van der Waals surface area contributed by atoms with Crippen LogP contribution in [0.2, 0.25) is 0 Å². The second-order valence-electron chi connectivity index (χ2n) is 6.11. The molecule has 7 heteroatoms. The van der Waals surface area contributed by atoms with Crippen LogP contribution in [0.3, 0.4) is 0 Å². The van der Waals surface area contributed by atoms with Crippen molar-refractivity contribution in [3.8, 4) is 0 Å². The van der Waals surface area contributed by atoms with E-state index in [0.29, 0.717) is 17.7 Å². The number of benzene rings is 1. The van der Waals surface area contributed by atoms with E-state index >= 15 is 0 Å². The Morgan fingerprint density at radius 2 is 2.09 bits per heavy atom. The van der Waals surface area contributed by atoms with Gasteiger partial charge in [-0.1, -0.05) is 6.92 Å². The number of nitrogens with one attached hydrogen (secondary N) is 1. The van der Waals surface area contributed by atoms with E-state index < -0.39 is 10.0 Å². The smallest absolute Gasteiger partial charge is 0.254 e. The molecule has 1 aromatic rings. The minimum atomic E-state index is -3.85. The van der Waals surface area contributed by atoms with Gasteiger partial charge in [0.05, 0.1) is 4.90 Å². The first-order valence-corrected chi connectivity index (χ1v) is 9.46. The molecule has 23 heavy (non-hydrogen) atoms. The van der Waals surface area contributed by atoms with Gasteiger partial charge in [-0.15, -0.1) is 0 Å². The molecule has 1 atom stereocenters. The molecule has 6 nitrogen and oxygen atoms in total. The summed E-state index contributed by atoms with van der Waals surface area (Å²) in [5.74, 6) is -0.131. The summed E-state index contributed by atoms with van der Waals surface area (Å²) < 4.78 is 23.6. The Balaban J connectivity index is 2.43. The molecule has 1 aliphatic rings. The predicted molar refractivity (Wildman–Crippen MR) is 89.9 cm³/mol. The molecule has 128 valence electrons. The summed E-state index contributed by atoms with van der Waals surface area (Å²) in [6, 6.07) is 3.31. The summed E-state index contributed by atoms with van der Waals surface area (Å²) in [4.78, 5) is 14.8. The lowest BCUT2D eigenvalue weighted by Gasteiger charge is -2.28. The Hall–Kier alpha value is -1.44. The Bertz CT molecular complexity index is 695. The normalized spacial score (nSPS) is 18.2. The fourth-order valence-corrected chi connectivity index (χ4v) is 3.89. The number of hydrogen-bond donors (Lipinski definition) is 2. The number of carbonyl (C=O) groups excluding carboxylic acids is 1. The molecule has 0 aliphatic carbocycles. The van der Waals surface area contributed by atoms with Gasteiger partial charge in [0.1, 0.15) is 0 Å². The molecular formula is C16H25N3O3S. The predicted octanol–water partition coefficient (Wildman–Crippen LogP) is 1.16. The van der Waals surface area contributed by atoms with Gasteiger partial charge in [0.15, 0.2) is 0 Å². The Morgan fingerprint density at radius 1 is 1.39 bits per heavy atom. The first kappa shape index (κ1) is 17.9. The minimum Gasteiger partial charge on any atom is -0.334 e. The summed E-state index contributed by atoms with van der Waals surface area (Å²) >= 11 is 0. The van der Waals surface area contributed by atoms with Crippen LogP contribution >= 0.6 is 0 Å². The van der Waals surface area contributed by atoms with Gasteiger partial charge in [-0.2, -0.15) is 0 Å². The maximum Gasteiger partial charge on any atom is 0.254 e. The molecule has 1 heterocycles. The molecule has 0 aromatic heterocycles. The van der Waals surface area contributed by atoms with Gasteiger partial charge in [-0.3, -0.25) is 4.79 Å². The maximum atomic E-state index is 12.9. The van der Waals surface area contributed by atoms with E-state index in [0.717, 1.165) is 31.5 Å². The van der Waals surface area contributed by atoms with Crippen molar-refractivity contribution in [2.24, 2.45) is 5.14 Å². The topological polar surface area (TPSA) is 92.5 Å². The van der Waals surface area contributed by atoms with E-state index in [4.69, 9.17) is 5.14 Å². The third-order valence-electron chi connectivity index (χ3n) is 4.37. The van der Waals surface area contributed by atoms with E-state index in [2.05, 4.69) is 5.32 Å². The number of sulfonamides is 1. The fraction of sp³-hybridized carbons (Fsp3) is 0.562. The van der Waals surface area contributed by atoms with Crippen LogP contribution in [0.25, 0.3) is 0 Å². The molecule has 1 aliphatic heterocycles. The van der Waals surface area contributed by atoms with Crippen LogP contribution in [0, 0.1) is 13.8 Å². The van der Waals surface area contributed by atoms with Crippen molar-refractivity contribution in [3.05, 3.63) is 28.8 Å². The van der Waals surface area contributed by atoms with Gasteiger partial charge < -0.3 is 10.2 Å². The van der Waals surface area contributed by atoms with E-state index in [9.17, 15) is 13.2 Å². The first-order valence-electron chi connectivity index (χ1n) is 7.91. The zero-order valence-corrected chi connectivity index (χ0v) is 14.7. The number of hydrogen-bond acceptors (Lipinski definition) is 4. The number of aryl methyl sites for hydroxylation is 1. The largest absolute Gasteiger partial charge is 0.334 e. The van der Waals surface area contributed by atoms with Gasteiger partial charge in [0, 0.05) is 24.7 Å². The molecule has 0 saturated carbocycles. The van der Waals surface area contributed by atoms with Gasteiger partial charge in [0.25, 0.3) is 5.91 Å². The number of rotatable bonds is 5. The number of nitrogens with two attached hydrogens (primary N) is 1. The molecule has 0 spiro atoms. The monoisotopic (exact) mass is 339 g/mol. The third kappa shape index (κ3) is 3.91. The zero-order valence-electron chi connectivity index (χ0n) is 13.9. The Morgan fingerprint density at radius 3 is 2.61 bits per heavy atom. The van der Waals surface area contributed by atoms with Crippen LogP contribution in [0.15, 0.2) is 17.0 Å². The molecule has 0 bridgehead atoms. The summed E-state index contributed by atoms with van der Waals surface area (Å²) in [7, 11) is -3.85. The molecule has 1 fully saturated rings. The highest BCUT2D eigenvalue weighted by molar-refractivity contribution is 7.89. The van der Waals surface area contributed by atoms with E-state index in [1.165, 1.54) is 6.07 Å². The fourth-order valence-electron chi connectivity index (χ4n) is 3.01. The molecule has 1 amide bonds. The molecule has 1 unspecified atom stereocenters. The molecule has 2 rings (SSSR count). The van der Waals surface area contributed by atoms with Crippen molar-refractivity contribution in [2.45, 2.75) is 44.6 Å². The summed E-state index contributed by atoms with van der Waals surface area (Å²) in [5, 5.41) is 8.55. The van der Waals surface area contributed by atoms with Crippen LogP contribution in [0.5, 0.6) is 0 Å². The van der Waals surface area contributed by atoms with Crippen LogP contribution < -0.4 is 10.5 Å². The van der Waals surface area contributed by atoms with Crippen molar-refractivity contribution in [2.75, 3.05) is 19.6 Å². The van der Waals surface area contributed by atoms with Crippen molar-refractivity contribution < 1.29 is 13.2 Å². The third-order valence-corrected chi connectivity index (χ3v) is 5.41. The van der Waals surface area contributed by atoms with E-state index in [1.54, 1.807) is 19.9 Å². The lowest BCUT2D eigenvalue weighted by atomic mass is 10.0. The van der Waals surface area contributed by atoms with E-state index in [1.807, 2.05) is 11.8 Å². The Labute approximate surface area is 138 Å². The van der Waals surface area contributed by atoms with Crippen molar-refractivity contribution in [3.63, 3.8) is 0 Å². The standard InChI is InChI=1S/C16H25N3O3S/c1-4-7-19(14-5-6-18-10-14)16(20)13-8-11(2)12(3)15(9-13)23(17,21)22/h8-9,14,18H,4-7,10H2,1-3H3,(H2,17,21,22). The molecule has 0 radical (unpaired) electrons. The van der Waals surface area contributed by atoms with Gasteiger partial charge >= 0.3 is 0 Å². The van der Waals surface area contributed by atoms with Crippen LogP contribution in [-0.2, 0) is 10.0 Å². The molecule has 1 aromatic carbocycles. The highest BCUT2D eigenvalue weighted by Gasteiger charge is 2.28. The SMILES string of the molecule is CCCN(C(=O)c1cc(C)c(C)c(S(N)(=O)=O)c1)C1CCNC1. The average molecular weight is 339 g/mol. The number of primary sulfonamides is 1. The molecule has 1 saturated heterocycles. The van der Waals surface area contributed by atoms with Crippen LogP contribution in [-0.4, -0.2) is 44.9 Å². The van der Waals surface area contributed by atoms with Crippen LogP contribution in [0.1, 0.15) is 41.3 Å². The van der Waals surface area contributed by atoms with Crippen molar-refractivity contribution in [1.82, 2.24) is 10.2 Å². The summed E-state index contributed by atoms with van der Waals surface area (Å²) in [6.45, 7) is 7.85. The van der Waals surface area contributed by atoms with Crippen molar-refractivity contribution in [1.29, 1.82) is 0 Å². The zero-order chi connectivity index (χ0) is 17.2. The van der Waals surface area contributed by atoms with Crippen molar-refractivity contribution >= 4 is 15.9 Å². The van der Waals surface area contributed by atoms with Crippen LogP contribution in [0.4, 0.5) is 0 Å². The minimum absolute atomic E-state index is 0.0295. The quantitative estimate of drug-likeness (QED) is 0.842. The number of carbonyl (C=O) groups is 1. The summed E-state index contributed by atoms with van der Waals surface area (Å²) in [5.41, 5.74) is 1.73. The maximum absolute atomic E-state index is 12.9. The van der Waals surface area contributed by atoms with Gasteiger partial charge in [0.2, 0.25) is 10.0 Å². The first-order chi connectivity index (χ1) is 10.8. The second kappa shape index (κ2) is 6.98. The Kier molecular flexibility index (Phi) is 5.44. The lowest BCUT2D eigenvalue weighted by molar-refractivity contribution is 0.0692.